The van der Waals surface area contributed by atoms with E-state index in [9.17, 15) is 29.3 Å². The number of carbonyl (C=O) groups excluding carboxylic acids is 4. The minimum Gasteiger partial charge on any atom is -0.454 e. The largest absolute Gasteiger partial charge is 0.454 e. The molecule has 0 saturated carbocycles. The molecule has 44 heavy (non-hydrogen) atoms. The predicted octanol–water partition coefficient (Wildman–Crippen LogP) is 5.86. The molecule has 0 radical (unpaired) electrons. The summed E-state index contributed by atoms with van der Waals surface area (Å²) in [5.41, 5.74) is 3.01. The van der Waals surface area contributed by atoms with E-state index in [0.29, 0.717) is 34.3 Å². The molecule has 10 nitrogen and oxygen atoms in total. The SMILES string of the molecule is Cc1ccc2nc(-c3ccc(N4C(=O)C5CC=CC(C)C5C4=O)cc3)cc(C(=O)OCC(=O)c3cccc([N+](=O)[O-])c3)c2c1. The summed E-state index contributed by atoms with van der Waals surface area (Å²) in [5.74, 6) is -2.47. The molecule has 1 saturated heterocycles. The predicted molar refractivity (Wildman–Crippen MR) is 162 cm³/mol. The summed E-state index contributed by atoms with van der Waals surface area (Å²) < 4.78 is 5.38. The molecule has 0 bridgehead atoms. The number of pyridine rings is 1. The fraction of sp³-hybridized carbons (Fsp3) is 0.206. The Bertz CT molecular complexity index is 1900. The summed E-state index contributed by atoms with van der Waals surface area (Å²) in [5, 5.41) is 11.6. The van der Waals surface area contributed by atoms with Gasteiger partial charge in [-0.2, -0.15) is 0 Å². The van der Waals surface area contributed by atoms with Crippen molar-refractivity contribution in [2.45, 2.75) is 20.3 Å². The van der Waals surface area contributed by atoms with Gasteiger partial charge in [0, 0.05) is 28.6 Å². The molecule has 2 aliphatic rings. The van der Waals surface area contributed by atoms with Crippen molar-refractivity contribution < 1.29 is 28.8 Å². The lowest BCUT2D eigenvalue weighted by atomic mass is 9.78. The summed E-state index contributed by atoms with van der Waals surface area (Å²) in [6, 6.07) is 19.1. The number of aromatic nitrogens is 1. The quantitative estimate of drug-likeness (QED) is 0.0653. The summed E-state index contributed by atoms with van der Waals surface area (Å²) in [7, 11) is 0. The van der Waals surface area contributed by atoms with Gasteiger partial charge in [0.2, 0.25) is 17.6 Å². The number of allylic oxidation sites excluding steroid dienone is 2. The summed E-state index contributed by atoms with van der Waals surface area (Å²) in [6.07, 6.45) is 4.49. The zero-order valence-corrected chi connectivity index (χ0v) is 23.9. The topological polar surface area (TPSA) is 137 Å². The number of hydrogen-bond acceptors (Lipinski definition) is 8. The van der Waals surface area contributed by atoms with Gasteiger partial charge in [-0.15, -0.1) is 0 Å². The number of anilines is 1. The molecule has 4 aromatic rings. The summed E-state index contributed by atoms with van der Waals surface area (Å²) >= 11 is 0. The average Bonchev–Trinajstić information content (AvgIpc) is 3.29. The van der Waals surface area contributed by atoms with Crippen molar-refractivity contribution in [2.75, 3.05) is 11.5 Å². The highest BCUT2D eigenvalue weighted by Crippen LogP contribution is 2.40. The van der Waals surface area contributed by atoms with Crippen molar-refractivity contribution in [1.29, 1.82) is 0 Å². The van der Waals surface area contributed by atoms with Crippen LogP contribution in [-0.4, -0.2) is 40.1 Å². The van der Waals surface area contributed by atoms with E-state index in [0.717, 1.165) is 11.6 Å². The van der Waals surface area contributed by atoms with E-state index >= 15 is 0 Å². The van der Waals surface area contributed by atoms with E-state index in [-0.39, 0.29) is 46.4 Å². The van der Waals surface area contributed by atoms with Gasteiger partial charge in [-0.3, -0.25) is 29.4 Å². The van der Waals surface area contributed by atoms with Gasteiger partial charge in [0.25, 0.3) is 5.69 Å². The van der Waals surface area contributed by atoms with Gasteiger partial charge in [-0.1, -0.05) is 55.0 Å². The van der Waals surface area contributed by atoms with Gasteiger partial charge in [0.05, 0.1) is 39.2 Å². The van der Waals surface area contributed by atoms with Crippen molar-refractivity contribution >= 4 is 45.8 Å². The number of nitrogens with zero attached hydrogens (tertiary/aromatic N) is 3. The molecule has 2 heterocycles. The Kier molecular flexibility index (Phi) is 7.34. The van der Waals surface area contributed by atoms with Crippen LogP contribution in [-0.2, 0) is 14.3 Å². The molecule has 220 valence electrons. The number of imide groups is 1. The number of fused-ring (bicyclic) bond motifs is 2. The van der Waals surface area contributed by atoms with Gasteiger partial charge in [0.15, 0.2) is 6.61 Å². The maximum atomic E-state index is 13.3. The van der Waals surface area contributed by atoms with Crippen LogP contribution in [0, 0.1) is 34.8 Å². The van der Waals surface area contributed by atoms with Crippen molar-refractivity contribution in [3.8, 4) is 11.3 Å². The number of nitro groups is 1. The lowest BCUT2D eigenvalue weighted by Gasteiger charge is -2.22. The van der Waals surface area contributed by atoms with Crippen LogP contribution in [0.15, 0.2) is 84.9 Å². The molecule has 1 aliphatic heterocycles. The molecule has 3 atom stereocenters. The van der Waals surface area contributed by atoms with Crippen LogP contribution in [0.3, 0.4) is 0 Å². The first-order valence-corrected chi connectivity index (χ1v) is 14.1. The second kappa shape index (κ2) is 11.3. The number of ether oxygens (including phenoxy) is 1. The number of carbonyl (C=O) groups is 4. The molecule has 1 fully saturated rings. The average molecular weight is 590 g/mol. The Labute approximate surface area is 252 Å². The molecule has 3 unspecified atom stereocenters. The minimum atomic E-state index is -0.752. The lowest BCUT2D eigenvalue weighted by molar-refractivity contribution is -0.384. The van der Waals surface area contributed by atoms with Crippen molar-refractivity contribution in [2.24, 2.45) is 17.8 Å². The zero-order chi connectivity index (χ0) is 31.1. The minimum absolute atomic E-state index is 0.0143. The van der Waals surface area contributed by atoms with Crippen LogP contribution in [0.4, 0.5) is 11.4 Å². The number of hydrogen-bond donors (Lipinski definition) is 0. The van der Waals surface area contributed by atoms with Gasteiger partial charge in [-0.05, 0) is 49.6 Å². The smallest absolute Gasteiger partial charge is 0.339 e. The molecule has 2 amide bonds. The molecular formula is C34H27N3O7. The number of rotatable bonds is 7. The third-order valence-corrected chi connectivity index (χ3v) is 8.19. The first kappa shape index (κ1) is 28.6. The highest BCUT2D eigenvalue weighted by atomic mass is 16.6. The molecule has 1 aliphatic carbocycles. The third-order valence-electron chi connectivity index (χ3n) is 8.19. The Morgan fingerprint density at radius 3 is 2.52 bits per heavy atom. The highest BCUT2D eigenvalue weighted by molar-refractivity contribution is 6.22. The van der Waals surface area contributed by atoms with E-state index in [2.05, 4.69) is 0 Å². The normalized spacial score (nSPS) is 19.2. The highest BCUT2D eigenvalue weighted by Gasteiger charge is 2.50. The van der Waals surface area contributed by atoms with Crippen LogP contribution >= 0.6 is 0 Å². The van der Waals surface area contributed by atoms with Crippen LogP contribution < -0.4 is 4.90 Å². The van der Waals surface area contributed by atoms with E-state index in [4.69, 9.17) is 9.72 Å². The van der Waals surface area contributed by atoms with Gasteiger partial charge < -0.3 is 4.74 Å². The Morgan fingerprint density at radius 1 is 1.02 bits per heavy atom. The molecule has 3 aromatic carbocycles. The van der Waals surface area contributed by atoms with Crippen LogP contribution in [0.25, 0.3) is 22.2 Å². The molecule has 1 aromatic heterocycles. The zero-order valence-electron chi connectivity index (χ0n) is 23.9. The summed E-state index contributed by atoms with van der Waals surface area (Å²) in [6.45, 7) is 3.22. The maximum Gasteiger partial charge on any atom is 0.339 e. The van der Waals surface area contributed by atoms with E-state index in [1.54, 1.807) is 42.5 Å². The second-order valence-electron chi connectivity index (χ2n) is 11.1. The second-order valence-corrected chi connectivity index (χ2v) is 11.1. The van der Waals surface area contributed by atoms with E-state index < -0.39 is 23.3 Å². The number of aryl methyl sites for hydroxylation is 1. The van der Waals surface area contributed by atoms with Crippen LogP contribution in [0.2, 0.25) is 0 Å². The number of ketones is 1. The third kappa shape index (κ3) is 5.15. The number of non-ortho nitro benzene ring substituents is 1. The molecule has 0 N–H and O–H groups in total. The molecule has 6 rings (SSSR count). The Morgan fingerprint density at radius 2 is 1.80 bits per heavy atom. The Hall–Kier alpha value is -5.51. The lowest BCUT2D eigenvalue weighted by Crippen LogP contribution is -2.31. The number of benzene rings is 3. The van der Waals surface area contributed by atoms with Crippen molar-refractivity contribution in [1.82, 2.24) is 4.98 Å². The number of nitro benzene ring substituents is 1. The Balaban J connectivity index is 1.27. The summed E-state index contributed by atoms with van der Waals surface area (Å²) in [4.78, 5) is 68.8. The van der Waals surface area contributed by atoms with Crippen LogP contribution in [0.5, 0.6) is 0 Å². The molecule has 0 spiro atoms. The maximum absolute atomic E-state index is 13.3. The monoisotopic (exact) mass is 589 g/mol. The fourth-order valence-corrected chi connectivity index (χ4v) is 5.92. The first-order chi connectivity index (χ1) is 21.1. The van der Waals surface area contributed by atoms with Crippen LogP contribution in [0.1, 0.15) is 39.6 Å². The van der Waals surface area contributed by atoms with E-state index in [1.165, 1.54) is 23.1 Å². The molecule has 10 heteroatoms. The van der Waals surface area contributed by atoms with Crippen molar-refractivity contribution in [3.63, 3.8) is 0 Å². The van der Waals surface area contributed by atoms with E-state index in [1.807, 2.05) is 32.1 Å². The number of esters is 1. The molecular weight excluding hydrogens is 562 g/mol. The van der Waals surface area contributed by atoms with Gasteiger partial charge in [-0.25, -0.2) is 9.78 Å². The number of Topliss-reactive ketones (excluding diaryl/α,β-unsaturated/α-hetero) is 1. The fourth-order valence-electron chi connectivity index (χ4n) is 5.92. The van der Waals surface area contributed by atoms with Gasteiger partial charge >= 0.3 is 5.97 Å². The van der Waals surface area contributed by atoms with Gasteiger partial charge in [0.1, 0.15) is 0 Å². The first-order valence-electron chi connectivity index (χ1n) is 14.1. The standard InChI is InChI=1S/C34H27N3O7/c1-19-9-14-28-26(15-19)27(34(41)44-18-30(38)22-6-4-7-24(16-22)37(42)43)17-29(35-28)21-10-12-23(13-11-21)36-32(39)25-8-3-5-20(2)31(25)33(36)40/h3-7,9-17,20,25,31H,8,18H2,1-2H3. The van der Waals surface area contributed by atoms with Crippen molar-refractivity contribution in [3.05, 3.63) is 112 Å². The number of amides is 2.